The Morgan fingerprint density at radius 1 is 1.37 bits per heavy atom. The first-order valence-corrected chi connectivity index (χ1v) is 7.07. The molecule has 1 aromatic carbocycles. The fourth-order valence-corrected chi connectivity index (χ4v) is 2.57. The van der Waals surface area contributed by atoms with E-state index in [1.165, 1.54) is 29.3 Å². The molecule has 1 aliphatic carbocycles. The maximum atomic E-state index is 9.48. The lowest BCUT2D eigenvalue weighted by Crippen LogP contribution is -2.27. The van der Waals surface area contributed by atoms with E-state index in [0.717, 1.165) is 11.8 Å². The van der Waals surface area contributed by atoms with Crippen LogP contribution >= 0.6 is 15.9 Å². The Morgan fingerprint density at radius 3 is 2.37 bits per heavy atom. The van der Waals surface area contributed by atoms with E-state index < -0.39 is 6.03 Å². The van der Waals surface area contributed by atoms with Crippen molar-refractivity contribution in [2.24, 2.45) is 11.7 Å². The van der Waals surface area contributed by atoms with Gasteiger partial charge in [0.15, 0.2) is 0 Å². The third-order valence-corrected chi connectivity index (χ3v) is 3.77. The number of rotatable bonds is 2. The molecule has 2 unspecified atom stereocenters. The van der Waals surface area contributed by atoms with E-state index >= 15 is 0 Å². The maximum Gasteiger partial charge on any atom is 0.318 e. The van der Waals surface area contributed by atoms with Crippen molar-refractivity contribution in [3.05, 3.63) is 34.3 Å². The van der Waals surface area contributed by atoms with Crippen molar-refractivity contribution < 1.29 is 9.59 Å². The first-order valence-electron chi connectivity index (χ1n) is 6.28. The Kier molecular flexibility index (Phi) is 6.56. The van der Waals surface area contributed by atoms with Crippen LogP contribution in [0.2, 0.25) is 0 Å². The number of halogens is 1. The fraction of sp³-hybridized carbons (Fsp3) is 0.429. The molecule has 3 amide bonds. The van der Waals surface area contributed by atoms with Crippen LogP contribution in [-0.2, 0) is 4.79 Å². The quantitative estimate of drug-likeness (QED) is 0.819. The summed E-state index contributed by atoms with van der Waals surface area (Å²) < 4.78 is 1.18. The molecule has 0 aliphatic heterocycles. The van der Waals surface area contributed by atoms with E-state index in [-0.39, 0.29) is 6.41 Å². The van der Waals surface area contributed by atoms with Crippen molar-refractivity contribution in [3.8, 4) is 0 Å². The van der Waals surface area contributed by atoms with Crippen molar-refractivity contribution in [3.63, 3.8) is 0 Å². The second-order valence-electron chi connectivity index (χ2n) is 4.79. The Bertz CT molecular complexity index is 420. The van der Waals surface area contributed by atoms with Crippen LogP contribution in [0.1, 0.15) is 37.7 Å². The zero-order valence-electron chi connectivity index (χ0n) is 10.9. The molecule has 4 nitrogen and oxygen atoms in total. The van der Waals surface area contributed by atoms with Gasteiger partial charge in [-0.1, -0.05) is 41.4 Å². The summed E-state index contributed by atoms with van der Waals surface area (Å²) in [6, 6.07) is 7.99. The molecule has 0 aromatic heterocycles. The van der Waals surface area contributed by atoms with E-state index in [1.54, 1.807) is 5.32 Å². The highest BCUT2D eigenvalue weighted by Gasteiger charge is 2.22. The summed E-state index contributed by atoms with van der Waals surface area (Å²) >= 11 is 3.47. The second kappa shape index (κ2) is 7.94. The molecular weight excluding hydrogens is 308 g/mol. The van der Waals surface area contributed by atoms with Gasteiger partial charge in [0.1, 0.15) is 0 Å². The predicted molar refractivity (Wildman–Crippen MR) is 78.7 cm³/mol. The van der Waals surface area contributed by atoms with Crippen LogP contribution in [0.15, 0.2) is 28.7 Å². The van der Waals surface area contributed by atoms with Crippen LogP contribution in [0, 0.1) is 5.92 Å². The summed E-state index contributed by atoms with van der Waals surface area (Å²) in [6.45, 7) is 2.36. The highest BCUT2D eigenvalue weighted by molar-refractivity contribution is 9.10. The van der Waals surface area contributed by atoms with Crippen molar-refractivity contribution in [2.45, 2.75) is 32.1 Å². The van der Waals surface area contributed by atoms with E-state index in [2.05, 4.69) is 52.9 Å². The number of carbonyl (C=O) groups excluding carboxylic acids is 2. The molecule has 1 saturated carbocycles. The van der Waals surface area contributed by atoms with E-state index in [9.17, 15) is 9.59 Å². The van der Waals surface area contributed by atoms with Crippen molar-refractivity contribution in [1.82, 2.24) is 5.32 Å². The van der Waals surface area contributed by atoms with Crippen molar-refractivity contribution in [2.75, 3.05) is 0 Å². The van der Waals surface area contributed by atoms with Gasteiger partial charge in [0.25, 0.3) is 0 Å². The number of carbonyl (C=O) groups is 2. The second-order valence-corrected chi connectivity index (χ2v) is 5.71. The molecular formula is C14H19BrN2O2. The number of hydrogen-bond donors (Lipinski definition) is 2. The molecule has 0 heterocycles. The number of benzene rings is 1. The van der Waals surface area contributed by atoms with Gasteiger partial charge in [-0.25, -0.2) is 4.79 Å². The first kappa shape index (κ1) is 15.7. The Labute approximate surface area is 121 Å². The van der Waals surface area contributed by atoms with Gasteiger partial charge in [0.2, 0.25) is 6.41 Å². The average molecular weight is 327 g/mol. The average Bonchev–Trinajstić information content (AvgIpc) is 2.77. The number of hydrogen-bond acceptors (Lipinski definition) is 2. The summed E-state index contributed by atoms with van der Waals surface area (Å²) in [7, 11) is 0. The van der Waals surface area contributed by atoms with Gasteiger partial charge in [-0.05, 0) is 42.4 Å². The predicted octanol–water partition coefficient (Wildman–Crippen LogP) is 3.16. The number of urea groups is 1. The van der Waals surface area contributed by atoms with Crippen molar-refractivity contribution in [1.29, 1.82) is 0 Å². The lowest BCUT2D eigenvalue weighted by Gasteiger charge is -2.09. The molecule has 104 valence electrons. The smallest absolute Gasteiger partial charge is 0.318 e. The minimum absolute atomic E-state index is 0.225. The zero-order valence-corrected chi connectivity index (χ0v) is 12.5. The highest BCUT2D eigenvalue weighted by Crippen LogP contribution is 2.37. The minimum atomic E-state index is -0.829. The van der Waals surface area contributed by atoms with Crippen LogP contribution < -0.4 is 11.1 Å². The van der Waals surface area contributed by atoms with Crippen molar-refractivity contribution >= 4 is 28.4 Å². The summed E-state index contributed by atoms with van der Waals surface area (Å²) in [4.78, 5) is 18.7. The Morgan fingerprint density at radius 2 is 2.00 bits per heavy atom. The number of imide groups is 1. The number of amides is 3. The number of primary amides is 1. The van der Waals surface area contributed by atoms with Gasteiger partial charge < -0.3 is 5.73 Å². The molecule has 2 rings (SSSR count). The van der Waals surface area contributed by atoms with Gasteiger partial charge in [-0.3, -0.25) is 10.1 Å². The molecule has 1 fully saturated rings. The maximum absolute atomic E-state index is 9.48. The fourth-order valence-electron chi connectivity index (χ4n) is 2.30. The SMILES string of the molecule is CC1CCC(c2ccc(Br)cc2)C1.NC(=O)NC=O. The monoisotopic (exact) mass is 326 g/mol. The van der Waals surface area contributed by atoms with Crippen LogP contribution in [0.3, 0.4) is 0 Å². The van der Waals surface area contributed by atoms with Gasteiger partial charge in [-0.15, -0.1) is 0 Å². The normalized spacial score (nSPS) is 21.2. The van der Waals surface area contributed by atoms with Crippen LogP contribution in [0.5, 0.6) is 0 Å². The topological polar surface area (TPSA) is 72.2 Å². The molecule has 5 heteroatoms. The van der Waals surface area contributed by atoms with Crippen LogP contribution in [-0.4, -0.2) is 12.4 Å². The number of nitrogens with two attached hydrogens (primary N) is 1. The molecule has 2 atom stereocenters. The molecule has 0 spiro atoms. The van der Waals surface area contributed by atoms with Gasteiger partial charge in [0.05, 0.1) is 0 Å². The first-order chi connectivity index (χ1) is 9.02. The molecule has 0 bridgehead atoms. The minimum Gasteiger partial charge on any atom is -0.351 e. The van der Waals surface area contributed by atoms with Gasteiger partial charge in [-0.2, -0.15) is 0 Å². The summed E-state index contributed by atoms with van der Waals surface area (Å²) in [5.41, 5.74) is 5.94. The lowest BCUT2D eigenvalue weighted by molar-refractivity contribution is -0.108. The summed E-state index contributed by atoms with van der Waals surface area (Å²) in [5, 5.41) is 1.67. The zero-order chi connectivity index (χ0) is 14.3. The molecule has 0 saturated heterocycles. The molecule has 19 heavy (non-hydrogen) atoms. The van der Waals surface area contributed by atoms with Gasteiger partial charge in [0, 0.05) is 4.47 Å². The highest BCUT2D eigenvalue weighted by atomic mass is 79.9. The largest absolute Gasteiger partial charge is 0.351 e. The van der Waals surface area contributed by atoms with Crippen LogP contribution in [0.4, 0.5) is 4.79 Å². The standard InChI is InChI=1S/C12H15Br.C2H4N2O2/c1-9-2-3-11(8-9)10-4-6-12(13)7-5-10;3-2(6)4-1-5/h4-7,9,11H,2-3,8H2,1H3;1H,(H3,3,4,5,6). The molecule has 1 aromatic rings. The van der Waals surface area contributed by atoms with E-state index in [1.807, 2.05) is 0 Å². The third kappa shape index (κ3) is 5.87. The summed E-state index contributed by atoms with van der Waals surface area (Å²) in [5.74, 6) is 1.75. The van der Waals surface area contributed by atoms with E-state index in [0.29, 0.717) is 0 Å². The number of nitrogens with one attached hydrogen (secondary N) is 1. The van der Waals surface area contributed by atoms with Crippen LogP contribution in [0.25, 0.3) is 0 Å². The molecule has 0 radical (unpaired) electrons. The summed E-state index contributed by atoms with van der Waals surface area (Å²) in [6.07, 6.45) is 4.38. The lowest BCUT2D eigenvalue weighted by atomic mass is 9.97. The third-order valence-electron chi connectivity index (χ3n) is 3.24. The molecule has 1 aliphatic rings. The Balaban J connectivity index is 0.000000258. The Hall–Kier alpha value is -1.36. The van der Waals surface area contributed by atoms with E-state index in [4.69, 9.17) is 0 Å². The molecule has 3 N–H and O–H groups in total. The van der Waals surface area contributed by atoms with Gasteiger partial charge >= 0.3 is 6.03 Å².